The topological polar surface area (TPSA) is 98.2 Å². The third kappa shape index (κ3) is 5.35. The molecule has 1 aliphatic rings. The Bertz CT molecular complexity index is 1260. The number of amides is 2. The second-order valence-corrected chi connectivity index (χ2v) is 8.57. The summed E-state index contributed by atoms with van der Waals surface area (Å²) in [6.07, 6.45) is 3.38. The summed E-state index contributed by atoms with van der Waals surface area (Å²) in [4.78, 5) is 31.5. The molecule has 3 aromatic rings. The largest absolute Gasteiger partial charge is 0.357 e. The van der Waals surface area contributed by atoms with Crippen LogP contribution in [0.2, 0.25) is 10.0 Å². The van der Waals surface area contributed by atoms with E-state index >= 15 is 0 Å². The minimum Gasteiger partial charge on any atom is -0.357 e. The van der Waals surface area contributed by atoms with Crippen LogP contribution in [0.15, 0.2) is 54.7 Å². The van der Waals surface area contributed by atoms with Gasteiger partial charge in [0.1, 0.15) is 17.5 Å². The Hall–Kier alpha value is -3.49. The van der Waals surface area contributed by atoms with Gasteiger partial charge in [-0.1, -0.05) is 29.3 Å². The highest BCUT2D eigenvalue weighted by Gasteiger charge is 2.21. The highest BCUT2D eigenvalue weighted by Crippen LogP contribution is 2.24. The molecule has 0 spiro atoms. The van der Waals surface area contributed by atoms with Crippen LogP contribution in [0.4, 0.5) is 15.9 Å². The predicted octanol–water partition coefficient (Wildman–Crippen LogP) is 5.45. The SMILES string of the molecule is N=C(c1ccc(C(=O)Nc2ccc(Cl)cc2C(=O)Nc2ccc(Cl)cn2)c(F)c1)N1CCCC1. The van der Waals surface area contributed by atoms with Gasteiger partial charge in [-0.25, -0.2) is 9.37 Å². The number of benzene rings is 2. The molecule has 4 rings (SSSR count). The third-order valence-corrected chi connectivity index (χ3v) is 5.81. The molecule has 0 aliphatic carbocycles. The van der Waals surface area contributed by atoms with E-state index < -0.39 is 17.6 Å². The molecule has 0 atom stereocenters. The summed E-state index contributed by atoms with van der Waals surface area (Å²) in [6, 6.07) is 11.5. The van der Waals surface area contributed by atoms with Gasteiger partial charge < -0.3 is 15.5 Å². The fourth-order valence-corrected chi connectivity index (χ4v) is 3.89. The van der Waals surface area contributed by atoms with Gasteiger partial charge in [0.2, 0.25) is 0 Å². The highest BCUT2D eigenvalue weighted by atomic mass is 35.5. The molecule has 0 bridgehead atoms. The number of aromatic nitrogens is 1. The van der Waals surface area contributed by atoms with Gasteiger partial charge in [-0.2, -0.15) is 0 Å². The quantitative estimate of drug-likeness (QED) is 0.321. The van der Waals surface area contributed by atoms with Gasteiger partial charge in [-0.3, -0.25) is 15.0 Å². The standard InChI is InChI=1S/C24H20Cl2FN5O2/c25-15-4-7-20(18(12-15)24(34)31-21-8-5-16(26)13-29-21)30-23(33)17-6-3-14(11-19(17)27)22(28)32-9-1-2-10-32/h3-8,11-13,28H,1-2,9-10H2,(H,30,33)(H,29,31,34). The second-order valence-electron chi connectivity index (χ2n) is 7.70. The van der Waals surface area contributed by atoms with Crippen molar-refractivity contribution >= 4 is 52.4 Å². The van der Waals surface area contributed by atoms with Gasteiger partial charge >= 0.3 is 0 Å². The fourth-order valence-electron chi connectivity index (χ4n) is 3.61. The molecule has 0 radical (unpaired) electrons. The van der Waals surface area contributed by atoms with E-state index in [2.05, 4.69) is 15.6 Å². The average molecular weight is 500 g/mol. The molecular formula is C24H20Cl2FN5O2. The molecule has 0 unspecified atom stereocenters. The Morgan fingerprint density at radius 3 is 2.29 bits per heavy atom. The van der Waals surface area contributed by atoms with Crippen LogP contribution in [0.5, 0.6) is 0 Å². The number of halogens is 3. The zero-order chi connectivity index (χ0) is 24.2. The van der Waals surface area contributed by atoms with Crippen LogP contribution in [0.1, 0.15) is 39.1 Å². The van der Waals surface area contributed by atoms with Gasteiger partial charge in [0.25, 0.3) is 11.8 Å². The van der Waals surface area contributed by atoms with E-state index in [-0.39, 0.29) is 33.5 Å². The Morgan fingerprint density at radius 2 is 1.62 bits per heavy atom. The number of carbonyl (C=O) groups is 2. The van der Waals surface area contributed by atoms with Crippen molar-refractivity contribution in [3.63, 3.8) is 0 Å². The molecule has 3 N–H and O–H groups in total. The van der Waals surface area contributed by atoms with Crippen LogP contribution in [-0.4, -0.2) is 40.6 Å². The fraction of sp³-hybridized carbons (Fsp3) is 0.167. The number of carbonyl (C=O) groups excluding carboxylic acids is 2. The summed E-state index contributed by atoms with van der Waals surface area (Å²) in [5, 5.41) is 14.1. The number of pyridine rings is 1. The maximum absolute atomic E-state index is 14.8. The molecule has 34 heavy (non-hydrogen) atoms. The van der Waals surface area contributed by atoms with Crippen molar-refractivity contribution in [2.45, 2.75) is 12.8 Å². The van der Waals surface area contributed by atoms with E-state index in [0.29, 0.717) is 10.6 Å². The molecule has 1 saturated heterocycles. The zero-order valence-electron chi connectivity index (χ0n) is 17.9. The van der Waals surface area contributed by atoms with Crippen LogP contribution in [0.3, 0.4) is 0 Å². The number of nitrogens with one attached hydrogen (secondary N) is 3. The molecule has 2 aromatic carbocycles. The summed E-state index contributed by atoms with van der Waals surface area (Å²) < 4.78 is 14.8. The smallest absolute Gasteiger partial charge is 0.258 e. The van der Waals surface area contributed by atoms with E-state index in [0.717, 1.165) is 25.9 Å². The van der Waals surface area contributed by atoms with E-state index in [4.69, 9.17) is 28.6 Å². The van der Waals surface area contributed by atoms with E-state index in [9.17, 15) is 14.0 Å². The van der Waals surface area contributed by atoms with Crippen LogP contribution in [0, 0.1) is 11.2 Å². The third-order valence-electron chi connectivity index (χ3n) is 5.35. The average Bonchev–Trinajstić information content (AvgIpc) is 3.36. The Labute approximate surface area is 205 Å². The normalized spacial score (nSPS) is 13.0. The molecule has 1 aromatic heterocycles. The first kappa shape index (κ1) is 23.7. The van der Waals surface area contributed by atoms with Crippen LogP contribution in [0.25, 0.3) is 0 Å². The van der Waals surface area contributed by atoms with Gasteiger partial charge in [0.15, 0.2) is 0 Å². The van der Waals surface area contributed by atoms with Crippen molar-refractivity contribution in [3.05, 3.63) is 87.3 Å². The lowest BCUT2D eigenvalue weighted by molar-refractivity contribution is 0.102. The lowest BCUT2D eigenvalue weighted by Gasteiger charge is -2.19. The maximum Gasteiger partial charge on any atom is 0.258 e. The van der Waals surface area contributed by atoms with Gasteiger partial charge in [-0.05, 0) is 55.3 Å². The van der Waals surface area contributed by atoms with Crippen molar-refractivity contribution in [3.8, 4) is 0 Å². The summed E-state index contributed by atoms with van der Waals surface area (Å²) in [7, 11) is 0. The van der Waals surface area contributed by atoms with Crippen molar-refractivity contribution in [2.75, 3.05) is 23.7 Å². The van der Waals surface area contributed by atoms with Gasteiger partial charge in [-0.15, -0.1) is 0 Å². The number of rotatable bonds is 5. The first-order valence-electron chi connectivity index (χ1n) is 10.5. The molecule has 1 aliphatic heterocycles. The Morgan fingerprint density at radius 1 is 0.912 bits per heavy atom. The first-order valence-corrected chi connectivity index (χ1v) is 11.2. The second kappa shape index (κ2) is 10.2. The van der Waals surface area contributed by atoms with E-state index in [1.165, 1.54) is 42.6 Å². The van der Waals surface area contributed by atoms with Crippen LogP contribution < -0.4 is 10.6 Å². The molecule has 2 amide bonds. The van der Waals surface area contributed by atoms with Crippen molar-refractivity contribution in [1.29, 1.82) is 5.41 Å². The summed E-state index contributed by atoms with van der Waals surface area (Å²) >= 11 is 11.9. The summed E-state index contributed by atoms with van der Waals surface area (Å²) in [6.45, 7) is 1.52. The maximum atomic E-state index is 14.8. The first-order chi connectivity index (χ1) is 16.3. The number of amidine groups is 1. The zero-order valence-corrected chi connectivity index (χ0v) is 19.4. The number of hydrogen-bond donors (Lipinski definition) is 3. The molecule has 2 heterocycles. The molecular weight excluding hydrogens is 480 g/mol. The monoisotopic (exact) mass is 499 g/mol. The van der Waals surface area contributed by atoms with Crippen molar-refractivity contribution in [1.82, 2.24) is 9.88 Å². The van der Waals surface area contributed by atoms with Crippen LogP contribution in [-0.2, 0) is 0 Å². The van der Waals surface area contributed by atoms with Crippen molar-refractivity contribution < 1.29 is 14.0 Å². The van der Waals surface area contributed by atoms with Crippen molar-refractivity contribution in [2.24, 2.45) is 0 Å². The highest BCUT2D eigenvalue weighted by molar-refractivity contribution is 6.31. The van der Waals surface area contributed by atoms with Gasteiger partial charge in [0, 0.05) is 29.9 Å². The lowest BCUT2D eigenvalue weighted by Crippen LogP contribution is -2.28. The molecule has 174 valence electrons. The summed E-state index contributed by atoms with van der Waals surface area (Å²) in [5.41, 5.74) is 0.413. The number of nitrogens with zero attached hydrogens (tertiary/aromatic N) is 2. The van der Waals surface area contributed by atoms with Crippen LogP contribution >= 0.6 is 23.2 Å². The molecule has 1 fully saturated rings. The number of likely N-dealkylation sites (tertiary alicyclic amines) is 1. The minimum absolute atomic E-state index is 0.0745. The number of anilines is 2. The van der Waals surface area contributed by atoms with E-state index in [1.54, 1.807) is 12.1 Å². The van der Waals surface area contributed by atoms with E-state index in [1.807, 2.05) is 4.90 Å². The Kier molecular flexibility index (Phi) is 7.09. The predicted molar refractivity (Wildman–Crippen MR) is 131 cm³/mol. The van der Waals surface area contributed by atoms with Gasteiger partial charge in [0.05, 0.1) is 21.8 Å². The lowest BCUT2D eigenvalue weighted by atomic mass is 10.1. The summed E-state index contributed by atoms with van der Waals surface area (Å²) in [5.74, 6) is -1.57. The number of hydrogen-bond acceptors (Lipinski definition) is 4. The molecule has 0 saturated carbocycles. The molecule has 7 nitrogen and oxygen atoms in total. The molecule has 10 heteroatoms. The Balaban J connectivity index is 1.53. The minimum atomic E-state index is -0.760.